The number of carboxylic acid groups (broad SMARTS) is 1. The van der Waals surface area contributed by atoms with Crippen molar-refractivity contribution in [1.29, 1.82) is 0 Å². The zero-order chi connectivity index (χ0) is 23.5. The standard InChI is InChI=1S/C25H27N3O5/c1-3-5-9-27(10-6-4-2)18-8-7-16-13-22-21(12-17(16)11-18)26-24-20(25(29)30)14-19(28(31)32)15-23(24)33-22/h7-8,11-15,26H,3-6,9-10H2,1-2H3,(H,29,30). The molecule has 1 aliphatic heterocycles. The Morgan fingerprint density at radius 1 is 1.03 bits per heavy atom. The molecule has 3 aromatic carbocycles. The number of benzene rings is 3. The van der Waals surface area contributed by atoms with Gasteiger partial charge in [-0.05, 0) is 47.9 Å². The van der Waals surface area contributed by atoms with Gasteiger partial charge in [0.2, 0.25) is 0 Å². The van der Waals surface area contributed by atoms with Crippen LogP contribution in [0, 0.1) is 10.1 Å². The average Bonchev–Trinajstić information content (AvgIpc) is 2.80. The SMILES string of the molecule is CCCCN(CCCC)c1ccc2cc3c(cc2c1)Nc1c(cc([N+](=O)[O-])cc1C(=O)O)O3. The van der Waals surface area contributed by atoms with E-state index in [1.807, 2.05) is 18.2 Å². The second kappa shape index (κ2) is 9.36. The normalized spacial score (nSPS) is 11.8. The summed E-state index contributed by atoms with van der Waals surface area (Å²) in [5.74, 6) is -0.649. The van der Waals surface area contributed by atoms with Crippen molar-refractivity contribution in [2.75, 3.05) is 23.3 Å². The fourth-order valence-corrected chi connectivity index (χ4v) is 4.05. The number of nitro groups is 1. The summed E-state index contributed by atoms with van der Waals surface area (Å²) >= 11 is 0. The van der Waals surface area contributed by atoms with Gasteiger partial charge in [-0.1, -0.05) is 32.8 Å². The summed E-state index contributed by atoms with van der Waals surface area (Å²) in [6.45, 7) is 6.38. The highest BCUT2D eigenvalue weighted by molar-refractivity contribution is 6.01. The first-order valence-electron chi connectivity index (χ1n) is 11.2. The van der Waals surface area contributed by atoms with E-state index >= 15 is 0 Å². The lowest BCUT2D eigenvalue weighted by atomic mass is 10.0. The van der Waals surface area contributed by atoms with E-state index in [0.29, 0.717) is 11.4 Å². The van der Waals surface area contributed by atoms with Gasteiger partial charge in [0.15, 0.2) is 11.5 Å². The predicted molar refractivity (Wildman–Crippen MR) is 129 cm³/mol. The Morgan fingerprint density at radius 2 is 1.76 bits per heavy atom. The number of ether oxygens (including phenoxy) is 1. The fraction of sp³-hybridized carbons (Fsp3) is 0.320. The minimum absolute atomic E-state index is 0.121. The van der Waals surface area contributed by atoms with Crippen LogP contribution in [0.5, 0.6) is 11.5 Å². The van der Waals surface area contributed by atoms with Crippen LogP contribution in [-0.2, 0) is 0 Å². The van der Waals surface area contributed by atoms with E-state index in [2.05, 4.69) is 36.2 Å². The molecule has 0 spiro atoms. The largest absolute Gasteiger partial charge is 0.478 e. The molecule has 8 heteroatoms. The summed E-state index contributed by atoms with van der Waals surface area (Å²) in [6, 6.07) is 12.4. The summed E-state index contributed by atoms with van der Waals surface area (Å²) in [5.41, 5.74) is 1.45. The number of nitrogens with one attached hydrogen (secondary N) is 1. The van der Waals surface area contributed by atoms with Gasteiger partial charge in [-0.2, -0.15) is 0 Å². The van der Waals surface area contributed by atoms with Crippen LogP contribution < -0.4 is 15.0 Å². The monoisotopic (exact) mass is 449 g/mol. The molecule has 1 heterocycles. The maximum absolute atomic E-state index is 11.7. The van der Waals surface area contributed by atoms with Crippen LogP contribution in [0.15, 0.2) is 42.5 Å². The first kappa shape index (κ1) is 22.4. The number of anilines is 3. The van der Waals surface area contributed by atoms with Crippen molar-refractivity contribution in [3.05, 3.63) is 58.1 Å². The number of rotatable bonds is 9. The third kappa shape index (κ3) is 4.55. The van der Waals surface area contributed by atoms with Crippen molar-refractivity contribution in [1.82, 2.24) is 0 Å². The van der Waals surface area contributed by atoms with Crippen LogP contribution in [0.25, 0.3) is 10.8 Å². The van der Waals surface area contributed by atoms with Crippen molar-refractivity contribution >= 4 is 39.5 Å². The molecule has 3 aromatic rings. The van der Waals surface area contributed by atoms with Crippen molar-refractivity contribution in [2.45, 2.75) is 39.5 Å². The molecule has 0 unspecified atom stereocenters. The molecule has 0 fully saturated rings. The summed E-state index contributed by atoms with van der Waals surface area (Å²) in [7, 11) is 0. The summed E-state index contributed by atoms with van der Waals surface area (Å²) in [4.78, 5) is 24.8. The first-order chi connectivity index (χ1) is 15.9. The van der Waals surface area contributed by atoms with E-state index in [1.165, 1.54) is 6.07 Å². The van der Waals surface area contributed by atoms with Crippen LogP contribution in [0.3, 0.4) is 0 Å². The number of non-ortho nitro benzene ring substituents is 1. The molecule has 0 amide bonds. The molecule has 0 saturated heterocycles. The molecular weight excluding hydrogens is 422 g/mol. The number of nitrogens with zero attached hydrogens (tertiary/aromatic N) is 2. The van der Waals surface area contributed by atoms with Crippen molar-refractivity contribution < 1.29 is 19.6 Å². The van der Waals surface area contributed by atoms with Gasteiger partial charge < -0.3 is 20.1 Å². The highest BCUT2D eigenvalue weighted by atomic mass is 16.6. The highest BCUT2D eigenvalue weighted by Gasteiger charge is 2.27. The smallest absolute Gasteiger partial charge is 0.338 e. The lowest BCUT2D eigenvalue weighted by molar-refractivity contribution is -0.384. The van der Waals surface area contributed by atoms with Gasteiger partial charge in [0.05, 0.1) is 27.9 Å². The van der Waals surface area contributed by atoms with Gasteiger partial charge in [0.25, 0.3) is 5.69 Å². The van der Waals surface area contributed by atoms with Gasteiger partial charge in [-0.15, -0.1) is 0 Å². The second-order valence-electron chi connectivity index (χ2n) is 8.23. The van der Waals surface area contributed by atoms with Crippen molar-refractivity contribution in [3.63, 3.8) is 0 Å². The fourth-order valence-electron chi connectivity index (χ4n) is 4.05. The molecule has 0 aromatic heterocycles. The third-order valence-corrected chi connectivity index (χ3v) is 5.86. The Bertz CT molecular complexity index is 1220. The van der Waals surface area contributed by atoms with Crippen LogP contribution in [0.1, 0.15) is 49.9 Å². The molecule has 0 bridgehead atoms. The lowest BCUT2D eigenvalue weighted by Crippen LogP contribution is -2.25. The molecule has 172 valence electrons. The van der Waals surface area contributed by atoms with Gasteiger partial charge in [-0.3, -0.25) is 10.1 Å². The quantitative estimate of drug-likeness (QED) is 0.216. The molecule has 1 aliphatic rings. The zero-order valence-electron chi connectivity index (χ0n) is 18.8. The topological polar surface area (TPSA) is 105 Å². The van der Waals surface area contributed by atoms with E-state index in [9.17, 15) is 20.0 Å². The molecule has 33 heavy (non-hydrogen) atoms. The third-order valence-electron chi connectivity index (χ3n) is 5.86. The minimum Gasteiger partial charge on any atom is -0.478 e. The van der Waals surface area contributed by atoms with Gasteiger partial charge in [0, 0.05) is 24.8 Å². The molecule has 0 atom stereocenters. The van der Waals surface area contributed by atoms with Crippen LogP contribution in [-0.4, -0.2) is 29.1 Å². The number of carbonyl (C=O) groups is 1. The zero-order valence-corrected chi connectivity index (χ0v) is 18.8. The van der Waals surface area contributed by atoms with Crippen LogP contribution >= 0.6 is 0 Å². The number of hydrogen-bond acceptors (Lipinski definition) is 6. The summed E-state index contributed by atoms with van der Waals surface area (Å²) in [6.07, 6.45) is 4.52. The molecular formula is C25H27N3O5. The Hall–Kier alpha value is -3.81. The van der Waals surface area contributed by atoms with E-state index in [1.54, 1.807) is 0 Å². The molecule has 4 rings (SSSR count). The van der Waals surface area contributed by atoms with Crippen LogP contribution in [0.2, 0.25) is 0 Å². The number of nitro benzene ring substituents is 1. The number of fused-ring (bicyclic) bond motifs is 3. The van der Waals surface area contributed by atoms with Gasteiger partial charge in [-0.25, -0.2) is 4.79 Å². The summed E-state index contributed by atoms with van der Waals surface area (Å²) in [5, 5.41) is 25.9. The second-order valence-corrected chi connectivity index (χ2v) is 8.23. The van der Waals surface area contributed by atoms with E-state index < -0.39 is 10.9 Å². The predicted octanol–water partition coefficient (Wildman–Crippen LogP) is 6.70. The molecule has 8 nitrogen and oxygen atoms in total. The first-order valence-corrected chi connectivity index (χ1v) is 11.2. The maximum Gasteiger partial charge on any atom is 0.338 e. The number of carboxylic acids is 1. The Labute approximate surface area is 191 Å². The van der Waals surface area contributed by atoms with Crippen molar-refractivity contribution in [3.8, 4) is 11.5 Å². The molecule has 0 aliphatic carbocycles. The lowest BCUT2D eigenvalue weighted by Gasteiger charge is -2.26. The highest BCUT2D eigenvalue weighted by Crippen LogP contribution is 2.47. The van der Waals surface area contributed by atoms with Crippen LogP contribution in [0.4, 0.5) is 22.7 Å². The molecule has 0 radical (unpaired) electrons. The number of unbranched alkanes of at least 4 members (excludes halogenated alkanes) is 2. The molecule has 0 saturated carbocycles. The average molecular weight is 450 g/mol. The van der Waals surface area contributed by atoms with Gasteiger partial charge >= 0.3 is 5.97 Å². The van der Waals surface area contributed by atoms with Gasteiger partial charge in [0.1, 0.15) is 0 Å². The Morgan fingerprint density at radius 3 is 2.39 bits per heavy atom. The number of aromatic carboxylic acids is 1. The minimum atomic E-state index is -1.26. The molecule has 2 N–H and O–H groups in total. The maximum atomic E-state index is 11.7. The van der Waals surface area contributed by atoms with Crippen molar-refractivity contribution in [2.24, 2.45) is 0 Å². The Kier molecular flexibility index (Phi) is 6.35. The van der Waals surface area contributed by atoms with E-state index in [0.717, 1.165) is 61.3 Å². The number of hydrogen-bond donors (Lipinski definition) is 2. The Balaban J connectivity index is 1.73. The van der Waals surface area contributed by atoms with E-state index in [4.69, 9.17) is 4.74 Å². The van der Waals surface area contributed by atoms with E-state index in [-0.39, 0.29) is 22.7 Å². The summed E-state index contributed by atoms with van der Waals surface area (Å²) < 4.78 is 5.91.